The molecule has 1 nitrogen and oxygen atoms in total. The highest BCUT2D eigenvalue weighted by atomic mass is 14.9. The molecule has 0 amide bonds. The Morgan fingerprint density at radius 1 is 1.35 bits per heavy atom. The van der Waals surface area contributed by atoms with Gasteiger partial charge in [-0.15, -0.1) is 0 Å². The molecule has 0 saturated heterocycles. The Bertz CT molecular complexity index is 376. The summed E-state index contributed by atoms with van der Waals surface area (Å²) in [5.74, 6) is 0. The van der Waals surface area contributed by atoms with Gasteiger partial charge in [-0.25, -0.2) is 0 Å². The van der Waals surface area contributed by atoms with Crippen molar-refractivity contribution in [2.45, 2.75) is 44.6 Å². The Morgan fingerprint density at radius 3 is 2.47 bits per heavy atom. The van der Waals surface area contributed by atoms with Crippen molar-refractivity contribution in [3.05, 3.63) is 48.0 Å². The van der Waals surface area contributed by atoms with Crippen LogP contribution >= 0.6 is 0 Å². The van der Waals surface area contributed by atoms with E-state index in [0.717, 1.165) is 6.54 Å². The molecule has 1 fully saturated rings. The van der Waals surface area contributed by atoms with Gasteiger partial charge in [-0.05, 0) is 38.3 Å². The first kappa shape index (κ1) is 12.4. The molecule has 1 aliphatic carbocycles. The van der Waals surface area contributed by atoms with Crippen LogP contribution in [-0.2, 0) is 5.41 Å². The summed E-state index contributed by atoms with van der Waals surface area (Å²) in [6.45, 7) is 9.62. The second-order valence-corrected chi connectivity index (χ2v) is 5.26. The predicted octanol–water partition coefficient (Wildman–Crippen LogP) is 3.66. The van der Waals surface area contributed by atoms with E-state index in [1.54, 1.807) is 0 Å². The number of nitrogens with one attached hydrogen (secondary N) is 1. The topological polar surface area (TPSA) is 12.0 Å². The van der Waals surface area contributed by atoms with Crippen molar-refractivity contribution in [3.8, 4) is 0 Å². The van der Waals surface area contributed by atoms with Crippen LogP contribution in [0.5, 0.6) is 0 Å². The molecule has 0 aromatic heterocycles. The van der Waals surface area contributed by atoms with Gasteiger partial charge in [-0.3, -0.25) is 0 Å². The molecule has 1 atom stereocenters. The lowest BCUT2D eigenvalue weighted by Gasteiger charge is -2.29. The molecule has 1 heteroatoms. The molecule has 0 aliphatic heterocycles. The molecule has 0 radical (unpaired) electrons. The average molecular weight is 229 g/mol. The van der Waals surface area contributed by atoms with Crippen LogP contribution < -0.4 is 5.32 Å². The summed E-state index contributed by atoms with van der Waals surface area (Å²) in [6.07, 6.45) is 3.74. The SMILES string of the molecule is C=C(C)C(NCCC)C1(c2ccccc2)CC1. The number of hydrogen-bond acceptors (Lipinski definition) is 1. The van der Waals surface area contributed by atoms with Crippen LogP contribution in [0.25, 0.3) is 0 Å². The van der Waals surface area contributed by atoms with Crippen LogP contribution in [0.15, 0.2) is 42.5 Å². The maximum absolute atomic E-state index is 4.18. The van der Waals surface area contributed by atoms with E-state index in [1.165, 1.54) is 30.4 Å². The quantitative estimate of drug-likeness (QED) is 0.734. The first-order valence-electron chi connectivity index (χ1n) is 6.65. The summed E-state index contributed by atoms with van der Waals surface area (Å²) in [7, 11) is 0. The molecule has 1 aromatic rings. The molecule has 1 aliphatic rings. The normalized spacial score (nSPS) is 18.7. The van der Waals surface area contributed by atoms with Crippen LogP contribution in [0.4, 0.5) is 0 Å². The third kappa shape index (κ3) is 2.44. The van der Waals surface area contributed by atoms with Gasteiger partial charge in [0, 0.05) is 11.5 Å². The van der Waals surface area contributed by atoms with Crippen molar-refractivity contribution in [1.29, 1.82) is 0 Å². The van der Waals surface area contributed by atoms with E-state index in [4.69, 9.17) is 0 Å². The first-order chi connectivity index (χ1) is 8.20. The third-order valence-corrected chi connectivity index (χ3v) is 3.78. The molecule has 0 spiro atoms. The van der Waals surface area contributed by atoms with E-state index in [0.29, 0.717) is 11.5 Å². The fraction of sp³-hybridized carbons (Fsp3) is 0.500. The van der Waals surface area contributed by atoms with Gasteiger partial charge < -0.3 is 5.32 Å². The molecular formula is C16H23N. The smallest absolute Gasteiger partial charge is 0.0371 e. The molecule has 92 valence electrons. The summed E-state index contributed by atoms with van der Waals surface area (Å²) in [5, 5.41) is 3.67. The van der Waals surface area contributed by atoms with E-state index in [1.807, 2.05) is 0 Å². The molecule has 0 heterocycles. The van der Waals surface area contributed by atoms with Gasteiger partial charge in [-0.1, -0.05) is 49.4 Å². The van der Waals surface area contributed by atoms with E-state index >= 15 is 0 Å². The van der Waals surface area contributed by atoms with Gasteiger partial charge in [0.2, 0.25) is 0 Å². The Balaban J connectivity index is 2.21. The Morgan fingerprint density at radius 2 is 2.00 bits per heavy atom. The van der Waals surface area contributed by atoms with E-state index in [-0.39, 0.29) is 0 Å². The van der Waals surface area contributed by atoms with Gasteiger partial charge >= 0.3 is 0 Å². The fourth-order valence-electron chi connectivity index (χ4n) is 2.78. The van der Waals surface area contributed by atoms with Crippen LogP contribution in [-0.4, -0.2) is 12.6 Å². The zero-order valence-electron chi connectivity index (χ0n) is 11.0. The van der Waals surface area contributed by atoms with Crippen molar-refractivity contribution in [3.63, 3.8) is 0 Å². The van der Waals surface area contributed by atoms with Crippen molar-refractivity contribution in [2.24, 2.45) is 0 Å². The van der Waals surface area contributed by atoms with Crippen LogP contribution in [0, 0.1) is 0 Å². The minimum Gasteiger partial charge on any atom is -0.309 e. The number of benzene rings is 1. The van der Waals surface area contributed by atoms with Gasteiger partial charge in [-0.2, -0.15) is 0 Å². The standard InChI is InChI=1S/C16H23N/c1-4-12-17-15(13(2)3)16(10-11-16)14-8-6-5-7-9-14/h5-9,15,17H,2,4,10-12H2,1,3H3. The van der Waals surface area contributed by atoms with Gasteiger partial charge in [0.25, 0.3) is 0 Å². The second kappa shape index (κ2) is 5.05. The fourth-order valence-corrected chi connectivity index (χ4v) is 2.78. The maximum atomic E-state index is 4.18. The highest BCUT2D eigenvalue weighted by molar-refractivity contribution is 5.37. The second-order valence-electron chi connectivity index (χ2n) is 5.26. The minimum atomic E-state index is 0.322. The van der Waals surface area contributed by atoms with Crippen LogP contribution in [0.1, 0.15) is 38.7 Å². The van der Waals surface area contributed by atoms with Crippen LogP contribution in [0.2, 0.25) is 0 Å². The van der Waals surface area contributed by atoms with Crippen molar-refractivity contribution < 1.29 is 0 Å². The van der Waals surface area contributed by atoms with Crippen molar-refractivity contribution in [2.75, 3.05) is 6.54 Å². The van der Waals surface area contributed by atoms with Gasteiger partial charge in [0.1, 0.15) is 0 Å². The monoisotopic (exact) mass is 229 g/mol. The lowest BCUT2D eigenvalue weighted by molar-refractivity contribution is 0.464. The molecular weight excluding hydrogens is 206 g/mol. The van der Waals surface area contributed by atoms with E-state index in [9.17, 15) is 0 Å². The van der Waals surface area contributed by atoms with Crippen LogP contribution in [0.3, 0.4) is 0 Å². The highest BCUT2D eigenvalue weighted by Crippen LogP contribution is 2.52. The minimum absolute atomic E-state index is 0.322. The Labute approximate surface area is 105 Å². The Hall–Kier alpha value is -1.08. The summed E-state index contributed by atoms with van der Waals surface area (Å²) in [5.41, 5.74) is 3.05. The third-order valence-electron chi connectivity index (χ3n) is 3.78. The molecule has 17 heavy (non-hydrogen) atoms. The lowest BCUT2D eigenvalue weighted by Crippen LogP contribution is -2.41. The lowest BCUT2D eigenvalue weighted by atomic mass is 9.84. The van der Waals surface area contributed by atoms with E-state index in [2.05, 4.69) is 56.1 Å². The summed E-state index contributed by atoms with van der Waals surface area (Å²) >= 11 is 0. The number of rotatable bonds is 6. The summed E-state index contributed by atoms with van der Waals surface area (Å²) in [6, 6.07) is 11.3. The summed E-state index contributed by atoms with van der Waals surface area (Å²) < 4.78 is 0. The Kier molecular flexibility index (Phi) is 3.68. The largest absolute Gasteiger partial charge is 0.309 e. The predicted molar refractivity (Wildman–Crippen MR) is 74.2 cm³/mol. The molecule has 2 rings (SSSR count). The van der Waals surface area contributed by atoms with Crippen molar-refractivity contribution >= 4 is 0 Å². The zero-order valence-corrected chi connectivity index (χ0v) is 11.0. The molecule has 1 saturated carbocycles. The van der Waals surface area contributed by atoms with Crippen molar-refractivity contribution in [1.82, 2.24) is 5.32 Å². The highest BCUT2D eigenvalue weighted by Gasteiger charge is 2.50. The average Bonchev–Trinajstić information content (AvgIpc) is 3.12. The molecule has 1 aromatic carbocycles. The molecule has 0 bridgehead atoms. The number of hydrogen-bond donors (Lipinski definition) is 1. The first-order valence-corrected chi connectivity index (χ1v) is 6.65. The zero-order chi connectivity index (χ0) is 12.3. The van der Waals surface area contributed by atoms with Gasteiger partial charge in [0.15, 0.2) is 0 Å². The van der Waals surface area contributed by atoms with E-state index < -0.39 is 0 Å². The molecule has 1 N–H and O–H groups in total. The van der Waals surface area contributed by atoms with Gasteiger partial charge in [0.05, 0.1) is 0 Å². The maximum Gasteiger partial charge on any atom is 0.0371 e. The molecule has 1 unspecified atom stereocenters. The summed E-state index contributed by atoms with van der Waals surface area (Å²) in [4.78, 5) is 0.